The quantitative estimate of drug-likeness (QED) is 0.527. The van der Waals surface area contributed by atoms with Crippen molar-refractivity contribution in [2.24, 2.45) is 5.92 Å². The maximum Gasteiger partial charge on any atom is 0.0700 e. The summed E-state index contributed by atoms with van der Waals surface area (Å²) in [5.41, 5.74) is 0. The minimum Gasteiger partial charge on any atom is -0.379 e. The lowest BCUT2D eigenvalue weighted by atomic mass is 10.1. The molecular formula is C6H13O. The first kappa shape index (κ1) is 6.96. The van der Waals surface area contributed by atoms with Crippen molar-refractivity contribution in [2.75, 3.05) is 6.61 Å². The normalized spacial score (nSPS) is 14.1. The second-order valence-electron chi connectivity index (χ2n) is 1.88. The average molecular weight is 101 g/mol. The lowest BCUT2D eigenvalue weighted by Gasteiger charge is -2.03. The molecule has 0 saturated heterocycles. The molecule has 0 aliphatic heterocycles. The smallest absolute Gasteiger partial charge is 0.0700 e. The molecule has 0 aromatic heterocycles. The van der Waals surface area contributed by atoms with E-state index in [2.05, 4.69) is 25.7 Å². The van der Waals surface area contributed by atoms with Crippen molar-refractivity contribution in [3.05, 3.63) is 7.11 Å². The van der Waals surface area contributed by atoms with Crippen LogP contribution in [0.5, 0.6) is 0 Å². The summed E-state index contributed by atoms with van der Waals surface area (Å²) in [7, 11) is 3.27. The predicted molar refractivity (Wildman–Crippen MR) is 30.8 cm³/mol. The van der Waals surface area contributed by atoms with Gasteiger partial charge < -0.3 is 4.74 Å². The van der Waals surface area contributed by atoms with E-state index in [4.69, 9.17) is 0 Å². The van der Waals surface area contributed by atoms with Crippen LogP contribution < -0.4 is 0 Å². The minimum absolute atomic E-state index is 0.664. The number of hydrogen-bond acceptors (Lipinski definition) is 1. The Morgan fingerprint density at radius 1 is 1.71 bits per heavy atom. The van der Waals surface area contributed by atoms with E-state index in [9.17, 15) is 0 Å². The topological polar surface area (TPSA) is 9.23 Å². The highest BCUT2D eigenvalue weighted by Gasteiger charge is 1.93. The highest BCUT2D eigenvalue weighted by molar-refractivity contribution is 4.44. The van der Waals surface area contributed by atoms with Gasteiger partial charge in [0, 0.05) is 6.61 Å². The van der Waals surface area contributed by atoms with Crippen molar-refractivity contribution in [3.8, 4) is 0 Å². The van der Waals surface area contributed by atoms with E-state index in [0.717, 1.165) is 6.61 Å². The molecule has 0 rings (SSSR count). The van der Waals surface area contributed by atoms with E-state index < -0.39 is 0 Å². The van der Waals surface area contributed by atoms with Gasteiger partial charge in [-0.1, -0.05) is 20.3 Å². The number of hydrogen-bond donors (Lipinski definition) is 0. The van der Waals surface area contributed by atoms with Gasteiger partial charge in [-0.15, -0.1) is 0 Å². The molecule has 1 atom stereocenters. The molecule has 0 aromatic carbocycles. The lowest BCUT2D eigenvalue weighted by molar-refractivity contribution is 0.194. The van der Waals surface area contributed by atoms with Crippen LogP contribution in [0.2, 0.25) is 0 Å². The molecule has 0 saturated carbocycles. The maximum absolute atomic E-state index is 4.64. The van der Waals surface area contributed by atoms with Crippen LogP contribution in [0.4, 0.5) is 0 Å². The van der Waals surface area contributed by atoms with Crippen LogP contribution in [0, 0.1) is 13.0 Å². The van der Waals surface area contributed by atoms with Gasteiger partial charge in [0.15, 0.2) is 0 Å². The summed E-state index contributed by atoms with van der Waals surface area (Å²) in [6, 6.07) is 0. The molecule has 7 heavy (non-hydrogen) atoms. The van der Waals surface area contributed by atoms with Gasteiger partial charge in [-0.05, 0) is 5.92 Å². The first-order chi connectivity index (χ1) is 3.31. The van der Waals surface area contributed by atoms with Crippen LogP contribution in [-0.2, 0) is 4.74 Å². The van der Waals surface area contributed by atoms with Crippen LogP contribution in [0.3, 0.4) is 0 Å². The predicted octanol–water partition coefficient (Wildman–Crippen LogP) is 1.84. The molecule has 1 heteroatoms. The molecule has 0 fully saturated rings. The molecular weight excluding hydrogens is 88.1 g/mol. The Hall–Kier alpha value is -0.0400. The van der Waals surface area contributed by atoms with Crippen molar-refractivity contribution < 1.29 is 4.74 Å². The van der Waals surface area contributed by atoms with Gasteiger partial charge in [0.25, 0.3) is 0 Å². The van der Waals surface area contributed by atoms with Gasteiger partial charge in [-0.2, -0.15) is 0 Å². The second-order valence-corrected chi connectivity index (χ2v) is 1.88. The van der Waals surface area contributed by atoms with Crippen molar-refractivity contribution in [3.63, 3.8) is 0 Å². The van der Waals surface area contributed by atoms with Gasteiger partial charge >= 0.3 is 0 Å². The monoisotopic (exact) mass is 101 g/mol. The molecule has 0 aliphatic carbocycles. The summed E-state index contributed by atoms with van der Waals surface area (Å²) in [4.78, 5) is 0. The summed E-state index contributed by atoms with van der Waals surface area (Å²) in [6.45, 7) is 5.07. The Morgan fingerprint density at radius 3 is 2.43 bits per heavy atom. The van der Waals surface area contributed by atoms with Crippen LogP contribution in [0.25, 0.3) is 0 Å². The average Bonchev–Trinajstić information content (AvgIpc) is 1.68. The summed E-state index contributed by atoms with van der Waals surface area (Å²) in [5, 5.41) is 0. The zero-order valence-corrected chi connectivity index (χ0v) is 5.11. The number of ether oxygens (including phenoxy) is 1. The third-order valence-corrected chi connectivity index (χ3v) is 1.10. The zero-order valence-electron chi connectivity index (χ0n) is 5.11. The summed E-state index contributed by atoms with van der Waals surface area (Å²) >= 11 is 0. The van der Waals surface area contributed by atoms with E-state index in [0.29, 0.717) is 5.92 Å². The van der Waals surface area contributed by atoms with E-state index in [1.807, 2.05) is 0 Å². The standard InChI is InChI=1S/C6H13O/c1-4-6(2)5-7-3/h6H,3-5H2,1-2H3. The maximum atomic E-state index is 4.64. The van der Waals surface area contributed by atoms with Gasteiger partial charge in [-0.3, -0.25) is 0 Å². The van der Waals surface area contributed by atoms with Crippen LogP contribution in [0.15, 0.2) is 0 Å². The molecule has 0 aromatic rings. The summed E-state index contributed by atoms with van der Waals surface area (Å²) < 4.78 is 4.64. The molecule has 0 aliphatic rings. The van der Waals surface area contributed by atoms with Gasteiger partial charge in [-0.25, -0.2) is 0 Å². The molecule has 0 N–H and O–H groups in total. The first-order valence-electron chi connectivity index (χ1n) is 2.68. The van der Waals surface area contributed by atoms with Gasteiger partial charge in [0.05, 0.1) is 7.11 Å². The molecule has 0 bridgehead atoms. The molecule has 0 amide bonds. The zero-order chi connectivity index (χ0) is 5.70. The second kappa shape index (κ2) is 4.13. The van der Waals surface area contributed by atoms with Crippen molar-refractivity contribution >= 4 is 0 Å². The fourth-order valence-corrected chi connectivity index (χ4v) is 0.319. The summed E-state index contributed by atoms with van der Waals surface area (Å²) in [5.74, 6) is 0.664. The van der Waals surface area contributed by atoms with Gasteiger partial charge in [0.1, 0.15) is 0 Å². The van der Waals surface area contributed by atoms with Crippen LogP contribution >= 0.6 is 0 Å². The SMILES string of the molecule is [CH2]OCC(C)CC. The molecule has 0 heterocycles. The van der Waals surface area contributed by atoms with E-state index in [1.54, 1.807) is 0 Å². The molecule has 43 valence electrons. The van der Waals surface area contributed by atoms with Crippen molar-refractivity contribution in [1.82, 2.24) is 0 Å². The van der Waals surface area contributed by atoms with Gasteiger partial charge in [0.2, 0.25) is 0 Å². The largest absolute Gasteiger partial charge is 0.379 e. The highest BCUT2D eigenvalue weighted by atomic mass is 16.5. The lowest BCUT2D eigenvalue weighted by Crippen LogP contribution is -1.99. The highest BCUT2D eigenvalue weighted by Crippen LogP contribution is 1.98. The van der Waals surface area contributed by atoms with Crippen LogP contribution in [-0.4, -0.2) is 6.61 Å². The summed E-state index contributed by atoms with van der Waals surface area (Å²) in [6.07, 6.45) is 1.18. The van der Waals surface area contributed by atoms with Crippen LogP contribution in [0.1, 0.15) is 20.3 Å². The Bertz CT molecular complexity index is 35.2. The Kier molecular flexibility index (Phi) is 4.10. The Morgan fingerprint density at radius 2 is 2.29 bits per heavy atom. The van der Waals surface area contributed by atoms with E-state index >= 15 is 0 Å². The first-order valence-corrected chi connectivity index (χ1v) is 2.68. The fourth-order valence-electron chi connectivity index (χ4n) is 0.319. The molecule has 1 unspecified atom stereocenters. The Balaban J connectivity index is 2.83. The molecule has 0 spiro atoms. The van der Waals surface area contributed by atoms with E-state index in [1.165, 1.54) is 6.42 Å². The fraction of sp³-hybridized carbons (Fsp3) is 0.833. The molecule has 1 radical (unpaired) electrons. The van der Waals surface area contributed by atoms with Crippen molar-refractivity contribution in [2.45, 2.75) is 20.3 Å². The van der Waals surface area contributed by atoms with E-state index in [-0.39, 0.29) is 0 Å². The molecule has 1 nitrogen and oxygen atoms in total. The minimum atomic E-state index is 0.664. The third-order valence-electron chi connectivity index (χ3n) is 1.10. The third kappa shape index (κ3) is 3.80. The van der Waals surface area contributed by atoms with Crippen molar-refractivity contribution in [1.29, 1.82) is 0 Å². The Labute approximate surface area is 45.7 Å². The number of rotatable bonds is 3.